The number of fused-ring (bicyclic) bond motifs is 1. The van der Waals surface area contributed by atoms with Crippen molar-refractivity contribution < 1.29 is 9.90 Å². The van der Waals surface area contributed by atoms with Crippen LogP contribution in [0.3, 0.4) is 0 Å². The maximum absolute atomic E-state index is 11.2. The minimum atomic E-state index is -1.07. The number of pyridine rings is 1. The first-order valence-electron chi connectivity index (χ1n) is 6.55. The number of hydrogen-bond donors (Lipinski definition) is 2. The number of hydrogen-bond acceptors (Lipinski definition) is 3. The van der Waals surface area contributed by atoms with Gasteiger partial charge in [0.15, 0.2) is 0 Å². The van der Waals surface area contributed by atoms with Crippen LogP contribution in [0.5, 0.6) is 0 Å². The number of anilines is 1. The molecule has 3 aromatic rings. The average molecular weight is 278 g/mol. The highest BCUT2D eigenvalue weighted by molar-refractivity contribution is 6.00. The van der Waals surface area contributed by atoms with Crippen LogP contribution in [0.1, 0.15) is 15.9 Å². The highest BCUT2D eigenvalue weighted by atomic mass is 16.4. The summed E-state index contributed by atoms with van der Waals surface area (Å²) in [7, 11) is 0. The summed E-state index contributed by atoms with van der Waals surface area (Å²) in [4.78, 5) is 15.2. The molecule has 0 saturated carbocycles. The lowest BCUT2D eigenvalue weighted by atomic mass is 9.96. The minimum absolute atomic E-state index is 0.0251. The van der Waals surface area contributed by atoms with Crippen LogP contribution in [0.15, 0.2) is 48.7 Å². The molecule has 0 saturated heterocycles. The molecule has 0 aliphatic carbocycles. The van der Waals surface area contributed by atoms with Gasteiger partial charge in [0.2, 0.25) is 0 Å². The number of carbonyl (C=O) groups is 1. The Balaban J connectivity index is 2.29. The van der Waals surface area contributed by atoms with Gasteiger partial charge < -0.3 is 10.8 Å². The van der Waals surface area contributed by atoms with E-state index in [1.54, 1.807) is 12.3 Å². The number of carboxylic acid groups (broad SMARTS) is 1. The molecule has 21 heavy (non-hydrogen) atoms. The predicted octanol–water partition coefficient (Wildman–Crippen LogP) is 3.49. The summed E-state index contributed by atoms with van der Waals surface area (Å²) in [5, 5.41) is 11.4. The van der Waals surface area contributed by atoms with Crippen molar-refractivity contribution in [3.8, 4) is 11.1 Å². The number of carboxylic acids is 1. The van der Waals surface area contributed by atoms with Crippen molar-refractivity contribution in [1.82, 2.24) is 4.98 Å². The normalized spacial score (nSPS) is 10.7. The quantitative estimate of drug-likeness (QED) is 0.752. The molecule has 3 N–H and O–H groups in total. The van der Waals surface area contributed by atoms with Gasteiger partial charge in [-0.15, -0.1) is 0 Å². The summed E-state index contributed by atoms with van der Waals surface area (Å²) in [5.41, 5.74) is 8.51. The van der Waals surface area contributed by atoms with Crippen LogP contribution >= 0.6 is 0 Å². The summed E-state index contributed by atoms with van der Waals surface area (Å²) in [6, 6.07) is 13.6. The largest absolute Gasteiger partial charge is 0.478 e. The van der Waals surface area contributed by atoms with E-state index in [-0.39, 0.29) is 11.4 Å². The Morgan fingerprint density at radius 3 is 2.57 bits per heavy atom. The lowest BCUT2D eigenvalue weighted by Gasteiger charge is -2.10. The first-order valence-corrected chi connectivity index (χ1v) is 6.55. The van der Waals surface area contributed by atoms with E-state index in [0.717, 1.165) is 21.9 Å². The zero-order valence-corrected chi connectivity index (χ0v) is 11.5. The van der Waals surface area contributed by atoms with Crippen molar-refractivity contribution in [3.05, 3.63) is 59.8 Å². The lowest BCUT2D eigenvalue weighted by Crippen LogP contribution is -2.04. The van der Waals surface area contributed by atoms with Gasteiger partial charge in [0.05, 0.1) is 0 Å². The summed E-state index contributed by atoms with van der Waals surface area (Å²) in [6.07, 6.45) is 1.61. The van der Waals surface area contributed by atoms with E-state index < -0.39 is 5.97 Å². The molecule has 4 heteroatoms. The second-order valence-electron chi connectivity index (χ2n) is 4.94. The molecule has 1 aromatic heterocycles. The van der Waals surface area contributed by atoms with Crippen molar-refractivity contribution in [3.63, 3.8) is 0 Å². The first-order chi connectivity index (χ1) is 10.1. The number of rotatable bonds is 2. The van der Waals surface area contributed by atoms with Gasteiger partial charge in [-0.1, -0.05) is 36.4 Å². The van der Waals surface area contributed by atoms with Crippen LogP contribution in [0.2, 0.25) is 0 Å². The molecule has 0 amide bonds. The third-order valence-corrected chi connectivity index (χ3v) is 3.60. The van der Waals surface area contributed by atoms with Crippen LogP contribution in [0.25, 0.3) is 21.9 Å². The third kappa shape index (κ3) is 2.21. The summed E-state index contributed by atoms with van der Waals surface area (Å²) >= 11 is 0. The second kappa shape index (κ2) is 4.90. The van der Waals surface area contributed by atoms with E-state index in [9.17, 15) is 9.90 Å². The molecule has 0 atom stereocenters. The fraction of sp³-hybridized carbons (Fsp3) is 0.0588. The van der Waals surface area contributed by atoms with E-state index in [4.69, 9.17) is 5.73 Å². The molecule has 4 nitrogen and oxygen atoms in total. The van der Waals surface area contributed by atoms with Gasteiger partial charge in [-0.05, 0) is 34.9 Å². The van der Waals surface area contributed by atoms with Crippen LogP contribution in [-0.4, -0.2) is 16.1 Å². The van der Waals surface area contributed by atoms with Crippen molar-refractivity contribution in [2.45, 2.75) is 6.92 Å². The van der Waals surface area contributed by atoms with Crippen LogP contribution < -0.4 is 5.73 Å². The first kappa shape index (κ1) is 13.1. The van der Waals surface area contributed by atoms with Gasteiger partial charge in [0, 0.05) is 11.8 Å². The standard InChI is InChI=1S/C17H14N2O2/c1-10-6-7-13(14-5-3-2-4-12(10)14)11-8-15(17(20)21)16(18)19-9-11/h2-9H,1H3,(H2,18,19)(H,20,21). The third-order valence-electron chi connectivity index (χ3n) is 3.60. The van der Waals surface area contributed by atoms with Gasteiger partial charge in [0.25, 0.3) is 0 Å². The van der Waals surface area contributed by atoms with E-state index in [2.05, 4.69) is 18.0 Å². The number of nitrogen functional groups attached to an aromatic ring is 1. The molecule has 0 aliphatic heterocycles. The molecule has 0 fully saturated rings. The highest BCUT2D eigenvalue weighted by Gasteiger charge is 2.12. The molecule has 0 bridgehead atoms. The molecule has 104 valence electrons. The Hall–Kier alpha value is -2.88. The number of benzene rings is 2. The van der Waals surface area contributed by atoms with Crippen LogP contribution in [0.4, 0.5) is 5.82 Å². The maximum atomic E-state index is 11.2. The van der Waals surface area contributed by atoms with E-state index in [0.29, 0.717) is 0 Å². The molecule has 0 radical (unpaired) electrons. The van der Waals surface area contributed by atoms with Crippen molar-refractivity contribution in [1.29, 1.82) is 0 Å². The zero-order valence-electron chi connectivity index (χ0n) is 11.5. The molecule has 0 aliphatic rings. The summed E-state index contributed by atoms with van der Waals surface area (Å²) in [5.74, 6) is -1.04. The van der Waals surface area contributed by atoms with Crippen molar-refractivity contribution in [2.75, 3.05) is 5.73 Å². The van der Waals surface area contributed by atoms with E-state index in [1.165, 1.54) is 5.56 Å². The molecular formula is C17H14N2O2. The summed E-state index contributed by atoms with van der Waals surface area (Å²) in [6.45, 7) is 2.05. The summed E-state index contributed by atoms with van der Waals surface area (Å²) < 4.78 is 0. The number of nitrogens with two attached hydrogens (primary N) is 1. The maximum Gasteiger partial charge on any atom is 0.339 e. The smallest absolute Gasteiger partial charge is 0.339 e. The Bertz CT molecular complexity index is 857. The van der Waals surface area contributed by atoms with Gasteiger partial charge in [-0.2, -0.15) is 0 Å². The molecule has 0 spiro atoms. The second-order valence-corrected chi connectivity index (χ2v) is 4.94. The van der Waals surface area contributed by atoms with Crippen LogP contribution in [-0.2, 0) is 0 Å². The van der Waals surface area contributed by atoms with E-state index in [1.807, 2.05) is 30.3 Å². The van der Waals surface area contributed by atoms with Crippen molar-refractivity contribution >= 4 is 22.6 Å². The minimum Gasteiger partial charge on any atom is -0.478 e. The number of aromatic carboxylic acids is 1. The number of aromatic nitrogens is 1. The van der Waals surface area contributed by atoms with Gasteiger partial charge in [0.1, 0.15) is 11.4 Å². The monoisotopic (exact) mass is 278 g/mol. The molecular weight excluding hydrogens is 264 g/mol. The average Bonchev–Trinajstić information content (AvgIpc) is 2.48. The van der Waals surface area contributed by atoms with Crippen molar-refractivity contribution in [2.24, 2.45) is 0 Å². The number of nitrogens with zero attached hydrogens (tertiary/aromatic N) is 1. The fourth-order valence-electron chi connectivity index (χ4n) is 2.50. The Morgan fingerprint density at radius 2 is 1.86 bits per heavy atom. The fourth-order valence-corrected chi connectivity index (χ4v) is 2.50. The van der Waals surface area contributed by atoms with Gasteiger partial charge in [-0.3, -0.25) is 0 Å². The SMILES string of the molecule is Cc1ccc(-c2cnc(N)c(C(=O)O)c2)c2ccccc12. The topological polar surface area (TPSA) is 76.2 Å². The van der Waals surface area contributed by atoms with Gasteiger partial charge in [-0.25, -0.2) is 9.78 Å². The van der Waals surface area contributed by atoms with E-state index >= 15 is 0 Å². The molecule has 3 rings (SSSR count). The predicted molar refractivity (Wildman–Crippen MR) is 83.3 cm³/mol. The highest BCUT2D eigenvalue weighted by Crippen LogP contribution is 2.31. The zero-order chi connectivity index (χ0) is 15.0. The molecule has 0 unspecified atom stereocenters. The van der Waals surface area contributed by atoms with Crippen LogP contribution in [0, 0.1) is 6.92 Å². The lowest BCUT2D eigenvalue weighted by molar-refractivity contribution is 0.0697. The Kier molecular flexibility index (Phi) is 3.06. The number of aryl methyl sites for hydroxylation is 1. The Morgan fingerprint density at radius 1 is 1.14 bits per heavy atom. The van der Waals surface area contributed by atoms with Gasteiger partial charge >= 0.3 is 5.97 Å². The molecule has 2 aromatic carbocycles. The molecule has 1 heterocycles. The Labute approximate surface area is 121 Å².